The van der Waals surface area contributed by atoms with Gasteiger partial charge in [-0.2, -0.15) is 5.10 Å². The van der Waals surface area contributed by atoms with Gasteiger partial charge in [-0.1, -0.05) is 18.2 Å². The van der Waals surface area contributed by atoms with Gasteiger partial charge in [-0.05, 0) is 39.1 Å². The fourth-order valence-electron chi connectivity index (χ4n) is 2.81. The Kier molecular flexibility index (Phi) is 3.85. The zero-order valence-corrected chi connectivity index (χ0v) is 12.2. The van der Waals surface area contributed by atoms with E-state index in [-0.39, 0.29) is 0 Å². The highest BCUT2D eigenvalue weighted by Crippen LogP contribution is 2.23. The van der Waals surface area contributed by atoms with Gasteiger partial charge in [0.1, 0.15) is 0 Å². The molecule has 2 unspecified atom stereocenters. The summed E-state index contributed by atoms with van der Waals surface area (Å²) < 4.78 is 1.95. The van der Waals surface area contributed by atoms with Crippen LogP contribution in [0.4, 0.5) is 0 Å². The lowest BCUT2D eigenvalue weighted by atomic mass is 10.1. The third kappa shape index (κ3) is 2.62. The minimum absolute atomic E-state index is 0.386. The smallest absolute Gasteiger partial charge is 0.0645 e. The molecule has 0 radical (unpaired) electrons. The summed E-state index contributed by atoms with van der Waals surface area (Å²) in [5.41, 5.74) is 2.37. The van der Waals surface area contributed by atoms with Gasteiger partial charge in [-0.3, -0.25) is 4.90 Å². The van der Waals surface area contributed by atoms with Gasteiger partial charge in [0.15, 0.2) is 0 Å². The van der Waals surface area contributed by atoms with E-state index in [4.69, 9.17) is 0 Å². The molecule has 1 aliphatic rings. The van der Waals surface area contributed by atoms with Gasteiger partial charge >= 0.3 is 0 Å². The van der Waals surface area contributed by atoms with Crippen LogP contribution in [0.1, 0.15) is 24.9 Å². The van der Waals surface area contributed by atoms with Crippen molar-refractivity contribution in [3.8, 4) is 5.69 Å². The maximum Gasteiger partial charge on any atom is 0.0645 e. The van der Waals surface area contributed by atoms with Crippen LogP contribution in [0.25, 0.3) is 5.69 Å². The molecule has 4 nitrogen and oxygen atoms in total. The van der Waals surface area contributed by atoms with Gasteiger partial charge in [-0.15, -0.1) is 0 Å². The van der Waals surface area contributed by atoms with Crippen LogP contribution < -0.4 is 5.32 Å². The first-order valence-electron chi connectivity index (χ1n) is 7.28. The topological polar surface area (TPSA) is 33.1 Å². The van der Waals surface area contributed by atoms with E-state index in [9.17, 15) is 0 Å². The number of rotatable bonds is 4. The zero-order chi connectivity index (χ0) is 13.9. The molecule has 2 atom stereocenters. The lowest BCUT2D eigenvalue weighted by Crippen LogP contribution is -2.35. The van der Waals surface area contributed by atoms with Gasteiger partial charge in [0.2, 0.25) is 0 Å². The van der Waals surface area contributed by atoms with E-state index in [1.807, 2.05) is 29.1 Å². The van der Waals surface area contributed by atoms with Crippen molar-refractivity contribution in [1.29, 1.82) is 0 Å². The summed E-state index contributed by atoms with van der Waals surface area (Å²) in [5.74, 6) is 0. The molecule has 3 rings (SSSR count). The monoisotopic (exact) mass is 270 g/mol. The van der Waals surface area contributed by atoms with Crippen LogP contribution in [0.3, 0.4) is 0 Å². The third-order valence-electron chi connectivity index (χ3n) is 4.33. The molecule has 1 fully saturated rings. The minimum atomic E-state index is 0.386. The number of aromatic nitrogens is 2. The highest BCUT2D eigenvalue weighted by molar-refractivity contribution is 5.31. The van der Waals surface area contributed by atoms with E-state index in [1.54, 1.807) is 0 Å². The van der Waals surface area contributed by atoms with E-state index in [2.05, 4.69) is 47.6 Å². The second-order valence-electron chi connectivity index (χ2n) is 5.54. The molecule has 20 heavy (non-hydrogen) atoms. The van der Waals surface area contributed by atoms with Crippen molar-refractivity contribution in [3.05, 3.63) is 48.3 Å². The molecule has 0 amide bonds. The largest absolute Gasteiger partial charge is 0.315 e. The number of nitrogens with one attached hydrogen (secondary N) is 1. The molecular formula is C16H22N4. The van der Waals surface area contributed by atoms with E-state index in [0.29, 0.717) is 12.1 Å². The Morgan fingerprint density at radius 1 is 1.35 bits per heavy atom. The Labute approximate surface area is 120 Å². The van der Waals surface area contributed by atoms with E-state index in [1.165, 1.54) is 12.0 Å². The maximum atomic E-state index is 4.49. The third-order valence-corrected chi connectivity index (χ3v) is 4.33. The van der Waals surface area contributed by atoms with Gasteiger partial charge in [-0.25, -0.2) is 4.68 Å². The summed E-state index contributed by atoms with van der Waals surface area (Å²) in [5, 5.41) is 7.92. The molecule has 1 aromatic carbocycles. The maximum absolute atomic E-state index is 4.49. The van der Waals surface area contributed by atoms with Crippen LogP contribution in [0, 0.1) is 0 Å². The summed E-state index contributed by atoms with van der Waals surface area (Å²) in [6.07, 6.45) is 5.35. The molecule has 2 aromatic rings. The molecule has 0 bridgehead atoms. The van der Waals surface area contributed by atoms with E-state index < -0.39 is 0 Å². The molecule has 2 heterocycles. The minimum Gasteiger partial charge on any atom is -0.315 e. The Hall–Kier alpha value is -1.65. The summed E-state index contributed by atoms with van der Waals surface area (Å²) in [6.45, 7) is 4.48. The standard InChI is InChI=1S/C16H22N4/c1-13(19(2)16-8-9-17-11-16)14-10-18-20(12-14)15-6-4-3-5-7-15/h3-7,10,12-13,16-17H,8-9,11H2,1-2H3. The number of likely N-dealkylation sites (N-methyl/N-ethyl adjacent to an activating group) is 1. The molecule has 0 aliphatic carbocycles. The van der Waals surface area contributed by atoms with Crippen LogP contribution in [-0.2, 0) is 0 Å². The van der Waals surface area contributed by atoms with Gasteiger partial charge in [0.05, 0.1) is 11.9 Å². The van der Waals surface area contributed by atoms with Crippen molar-refractivity contribution in [2.45, 2.75) is 25.4 Å². The molecule has 4 heteroatoms. The van der Waals surface area contributed by atoms with Crippen molar-refractivity contribution in [2.24, 2.45) is 0 Å². The second kappa shape index (κ2) is 5.77. The normalized spacial score (nSPS) is 20.4. The summed E-state index contributed by atoms with van der Waals surface area (Å²) >= 11 is 0. The summed E-state index contributed by atoms with van der Waals surface area (Å²) in [6, 6.07) is 11.3. The lowest BCUT2D eigenvalue weighted by Gasteiger charge is -2.29. The second-order valence-corrected chi connectivity index (χ2v) is 5.54. The Morgan fingerprint density at radius 2 is 2.15 bits per heavy atom. The first-order chi connectivity index (χ1) is 9.75. The Morgan fingerprint density at radius 3 is 2.85 bits per heavy atom. The van der Waals surface area contributed by atoms with Crippen molar-refractivity contribution >= 4 is 0 Å². The number of nitrogens with zero attached hydrogens (tertiary/aromatic N) is 3. The first-order valence-corrected chi connectivity index (χ1v) is 7.28. The van der Waals surface area contributed by atoms with Crippen molar-refractivity contribution in [2.75, 3.05) is 20.1 Å². The molecule has 1 aromatic heterocycles. The summed E-state index contributed by atoms with van der Waals surface area (Å²) in [4.78, 5) is 2.45. The molecule has 0 saturated carbocycles. The predicted molar refractivity (Wildman–Crippen MR) is 81.0 cm³/mol. The highest BCUT2D eigenvalue weighted by atomic mass is 15.3. The van der Waals surface area contributed by atoms with Crippen LogP contribution in [-0.4, -0.2) is 40.9 Å². The van der Waals surface area contributed by atoms with Crippen LogP contribution in [0.2, 0.25) is 0 Å². The number of hydrogen-bond acceptors (Lipinski definition) is 3. The summed E-state index contributed by atoms with van der Waals surface area (Å²) in [7, 11) is 2.21. The molecule has 1 aliphatic heterocycles. The van der Waals surface area contributed by atoms with Crippen molar-refractivity contribution in [3.63, 3.8) is 0 Å². The van der Waals surface area contributed by atoms with Crippen molar-refractivity contribution < 1.29 is 0 Å². The number of para-hydroxylation sites is 1. The molecule has 1 N–H and O–H groups in total. The SMILES string of the molecule is CC(c1cnn(-c2ccccc2)c1)N(C)C1CCNC1. The van der Waals surface area contributed by atoms with Gasteiger partial charge < -0.3 is 5.32 Å². The van der Waals surface area contributed by atoms with Crippen LogP contribution >= 0.6 is 0 Å². The van der Waals surface area contributed by atoms with Gasteiger partial charge in [0.25, 0.3) is 0 Å². The van der Waals surface area contributed by atoms with Gasteiger partial charge in [0, 0.05) is 30.4 Å². The molecular weight excluding hydrogens is 248 g/mol. The molecule has 1 saturated heterocycles. The number of benzene rings is 1. The quantitative estimate of drug-likeness (QED) is 0.925. The Bertz CT molecular complexity index is 543. The lowest BCUT2D eigenvalue weighted by molar-refractivity contribution is 0.197. The first kappa shape index (κ1) is 13.3. The number of hydrogen-bond donors (Lipinski definition) is 1. The highest BCUT2D eigenvalue weighted by Gasteiger charge is 2.24. The fraction of sp³-hybridized carbons (Fsp3) is 0.438. The Balaban J connectivity index is 1.76. The predicted octanol–water partition coefficient (Wildman–Crippen LogP) is 2.23. The average Bonchev–Trinajstić information content (AvgIpc) is 3.18. The van der Waals surface area contributed by atoms with E-state index in [0.717, 1.165) is 18.8 Å². The molecule has 106 valence electrons. The average molecular weight is 270 g/mol. The van der Waals surface area contributed by atoms with Crippen LogP contribution in [0.15, 0.2) is 42.7 Å². The van der Waals surface area contributed by atoms with Crippen LogP contribution in [0.5, 0.6) is 0 Å². The zero-order valence-electron chi connectivity index (χ0n) is 12.2. The fourth-order valence-corrected chi connectivity index (χ4v) is 2.81. The van der Waals surface area contributed by atoms with E-state index >= 15 is 0 Å². The van der Waals surface area contributed by atoms with Crippen molar-refractivity contribution in [1.82, 2.24) is 20.0 Å². The molecule has 0 spiro atoms.